The van der Waals surface area contributed by atoms with Crippen molar-refractivity contribution < 1.29 is 19.4 Å². The number of hydrogen-bond donors (Lipinski definition) is 3. The monoisotopic (exact) mass is 377 g/mol. The molecule has 1 amide bonds. The van der Waals surface area contributed by atoms with Gasteiger partial charge in [-0.05, 0) is 44.4 Å². The van der Waals surface area contributed by atoms with Gasteiger partial charge in [-0.1, -0.05) is 32.0 Å². The Morgan fingerprint density at radius 1 is 1.26 bits per heavy atom. The van der Waals surface area contributed by atoms with Crippen molar-refractivity contribution in [3.63, 3.8) is 0 Å². The van der Waals surface area contributed by atoms with Gasteiger partial charge in [-0.3, -0.25) is 9.69 Å². The minimum Gasteiger partial charge on any atom is -0.480 e. The normalized spacial score (nSPS) is 19.6. The zero-order valence-electron chi connectivity index (χ0n) is 16.4. The molecule has 1 aromatic carbocycles. The van der Waals surface area contributed by atoms with E-state index in [0.717, 1.165) is 13.0 Å². The molecule has 7 nitrogen and oxygen atoms in total. The highest BCUT2D eigenvalue weighted by molar-refractivity contribution is 5.73. The van der Waals surface area contributed by atoms with Gasteiger partial charge in [0, 0.05) is 25.2 Å². The van der Waals surface area contributed by atoms with E-state index in [9.17, 15) is 14.7 Å². The van der Waals surface area contributed by atoms with E-state index in [2.05, 4.69) is 24.5 Å². The van der Waals surface area contributed by atoms with Crippen LogP contribution in [0.2, 0.25) is 0 Å². The second kappa shape index (κ2) is 10.3. The molecule has 1 aliphatic rings. The molecule has 7 heteroatoms. The summed E-state index contributed by atoms with van der Waals surface area (Å²) < 4.78 is 5.24. The molecule has 0 aliphatic carbocycles. The van der Waals surface area contributed by atoms with Crippen LogP contribution in [0.25, 0.3) is 0 Å². The largest absolute Gasteiger partial charge is 0.480 e. The SMILES string of the molecule is CC(CNC(CN1CCCC1C(=O)O)C(C)C)NC(=O)Oc1ccccc1. The van der Waals surface area contributed by atoms with Crippen LogP contribution in [-0.4, -0.2) is 59.8 Å². The molecule has 0 bridgehead atoms. The fourth-order valence-electron chi connectivity index (χ4n) is 3.29. The summed E-state index contributed by atoms with van der Waals surface area (Å²) in [6.45, 7) is 8.23. The first kappa shape index (κ1) is 21.2. The zero-order valence-corrected chi connectivity index (χ0v) is 16.4. The summed E-state index contributed by atoms with van der Waals surface area (Å²) in [6.07, 6.45) is 1.15. The van der Waals surface area contributed by atoms with Crippen molar-refractivity contribution in [1.82, 2.24) is 15.5 Å². The van der Waals surface area contributed by atoms with Crippen molar-refractivity contribution in [2.45, 2.75) is 51.7 Å². The molecule has 1 aliphatic heterocycles. The van der Waals surface area contributed by atoms with E-state index in [1.807, 2.05) is 30.0 Å². The van der Waals surface area contributed by atoms with E-state index in [1.54, 1.807) is 12.1 Å². The lowest BCUT2D eigenvalue weighted by Crippen LogP contribution is -2.51. The van der Waals surface area contributed by atoms with Crippen molar-refractivity contribution in [3.05, 3.63) is 30.3 Å². The molecule has 1 saturated heterocycles. The maximum atomic E-state index is 12.0. The van der Waals surface area contributed by atoms with Gasteiger partial charge in [-0.2, -0.15) is 0 Å². The second-order valence-corrected chi connectivity index (χ2v) is 7.50. The number of amides is 1. The third-order valence-electron chi connectivity index (χ3n) is 4.89. The Balaban J connectivity index is 1.79. The Kier molecular flexibility index (Phi) is 8.06. The maximum Gasteiger partial charge on any atom is 0.412 e. The Hall–Kier alpha value is -2.12. The predicted molar refractivity (Wildman–Crippen MR) is 104 cm³/mol. The van der Waals surface area contributed by atoms with Crippen LogP contribution < -0.4 is 15.4 Å². The first-order valence-corrected chi connectivity index (χ1v) is 9.60. The minimum absolute atomic E-state index is 0.115. The number of nitrogens with one attached hydrogen (secondary N) is 2. The number of carbonyl (C=O) groups is 2. The van der Waals surface area contributed by atoms with E-state index in [4.69, 9.17) is 4.74 Å². The van der Waals surface area contributed by atoms with E-state index < -0.39 is 12.1 Å². The van der Waals surface area contributed by atoms with E-state index in [-0.39, 0.29) is 18.1 Å². The number of rotatable bonds is 9. The number of carbonyl (C=O) groups excluding carboxylic acids is 1. The summed E-state index contributed by atoms with van der Waals surface area (Å²) in [6, 6.07) is 8.59. The minimum atomic E-state index is -0.742. The number of nitrogens with zero attached hydrogens (tertiary/aromatic N) is 1. The van der Waals surface area contributed by atoms with Gasteiger partial charge in [-0.25, -0.2) is 4.79 Å². The summed E-state index contributed by atoms with van der Waals surface area (Å²) in [5, 5.41) is 15.6. The molecule has 0 saturated carbocycles. The van der Waals surface area contributed by atoms with Crippen molar-refractivity contribution >= 4 is 12.1 Å². The van der Waals surface area contributed by atoms with E-state index >= 15 is 0 Å². The van der Waals surface area contributed by atoms with E-state index in [1.165, 1.54) is 0 Å². The lowest BCUT2D eigenvalue weighted by molar-refractivity contribution is -0.142. The van der Waals surface area contributed by atoms with Gasteiger partial charge in [0.15, 0.2) is 0 Å². The standard InChI is InChI=1S/C20H31N3O4/c1-14(2)17(13-23-11-7-10-18(23)19(24)25)21-12-15(3)22-20(26)27-16-8-5-4-6-9-16/h4-6,8-9,14-15,17-18,21H,7,10-13H2,1-3H3,(H,22,26)(H,24,25). The van der Waals surface area contributed by atoms with Crippen LogP contribution in [0.3, 0.4) is 0 Å². The molecule has 3 N–H and O–H groups in total. The van der Waals surface area contributed by atoms with E-state index in [0.29, 0.717) is 31.2 Å². The highest BCUT2D eigenvalue weighted by Crippen LogP contribution is 2.19. The Morgan fingerprint density at radius 2 is 1.96 bits per heavy atom. The number of aliphatic carboxylic acids is 1. The number of carboxylic acid groups (broad SMARTS) is 1. The van der Waals surface area contributed by atoms with Crippen LogP contribution in [0.15, 0.2) is 30.3 Å². The van der Waals surface area contributed by atoms with Gasteiger partial charge in [-0.15, -0.1) is 0 Å². The average molecular weight is 377 g/mol. The number of benzene rings is 1. The Morgan fingerprint density at radius 3 is 2.59 bits per heavy atom. The predicted octanol–water partition coefficient (Wildman–Crippen LogP) is 2.33. The summed E-state index contributed by atoms with van der Waals surface area (Å²) in [5.41, 5.74) is 0. The smallest absolute Gasteiger partial charge is 0.412 e. The first-order chi connectivity index (χ1) is 12.9. The molecule has 3 atom stereocenters. The van der Waals surface area contributed by atoms with Crippen LogP contribution in [0.4, 0.5) is 4.79 Å². The third-order valence-corrected chi connectivity index (χ3v) is 4.89. The molecule has 150 valence electrons. The molecule has 2 rings (SSSR count). The molecule has 0 radical (unpaired) electrons. The highest BCUT2D eigenvalue weighted by Gasteiger charge is 2.32. The maximum absolute atomic E-state index is 12.0. The van der Waals surface area contributed by atoms with Crippen LogP contribution in [0.1, 0.15) is 33.6 Å². The summed E-state index contributed by atoms with van der Waals surface area (Å²) in [5.74, 6) is 0.112. The molecule has 27 heavy (non-hydrogen) atoms. The lowest BCUT2D eigenvalue weighted by atomic mass is 10.0. The average Bonchev–Trinajstić information content (AvgIpc) is 3.07. The number of likely N-dealkylation sites (tertiary alicyclic amines) is 1. The van der Waals surface area contributed by atoms with Gasteiger partial charge in [0.1, 0.15) is 11.8 Å². The van der Waals surface area contributed by atoms with Crippen LogP contribution in [-0.2, 0) is 4.79 Å². The summed E-state index contributed by atoms with van der Waals surface area (Å²) in [7, 11) is 0. The molecular formula is C20H31N3O4. The molecule has 0 spiro atoms. The van der Waals surface area contributed by atoms with Crippen molar-refractivity contribution in [1.29, 1.82) is 0 Å². The molecule has 1 heterocycles. The first-order valence-electron chi connectivity index (χ1n) is 9.60. The molecule has 1 aromatic rings. The quantitative estimate of drug-likeness (QED) is 0.612. The molecule has 1 fully saturated rings. The van der Waals surface area contributed by atoms with Crippen molar-refractivity contribution in [3.8, 4) is 5.75 Å². The lowest BCUT2D eigenvalue weighted by Gasteiger charge is -2.31. The third kappa shape index (κ3) is 6.84. The number of para-hydroxylation sites is 1. The highest BCUT2D eigenvalue weighted by atomic mass is 16.6. The second-order valence-electron chi connectivity index (χ2n) is 7.50. The summed E-state index contributed by atoms with van der Waals surface area (Å²) in [4.78, 5) is 25.4. The fraction of sp³-hybridized carbons (Fsp3) is 0.600. The summed E-state index contributed by atoms with van der Waals surface area (Å²) >= 11 is 0. The van der Waals surface area contributed by atoms with Gasteiger partial charge < -0.3 is 20.5 Å². The van der Waals surface area contributed by atoms with Gasteiger partial charge in [0.25, 0.3) is 0 Å². The number of hydrogen-bond acceptors (Lipinski definition) is 5. The van der Waals surface area contributed by atoms with Crippen LogP contribution >= 0.6 is 0 Å². The number of ether oxygens (including phenoxy) is 1. The fourth-order valence-corrected chi connectivity index (χ4v) is 3.29. The van der Waals surface area contributed by atoms with Gasteiger partial charge in [0.2, 0.25) is 0 Å². The Bertz CT molecular complexity index is 609. The van der Waals surface area contributed by atoms with Crippen molar-refractivity contribution in [2.75, 3.05) is 19.6 Å². The van der Waals surface area contributed by atoms with Gasteiger partial charge >= 0.3 is 12.1 Å². The topological polar surface area (TPSA) is 90.9 Å². The van der Waals surface area contributed by atoms with Crippen LogP contribution in [0.5, 0.6) is 5.75 Å². The molecule has 3 unspecified atom stereocenters. The number of carboxylic acids is 1. The van der Waals surface area contributed by atoms with Crippen molar-refractivity contribution in [2.24, 2.45) is 5.92 Å². The van der Waals surface area contributed by atoms with Crippen LogP contribution in [0, 0.1) is 5.92 Å². The molecule has 0 aromatic heterocycles. The Labute approximate surface area is 161 Å². The van der Waals surface area contributed by atoms with Gasteiger partial charge in [0.05, 0.1) is 0 Å². The zero-order chi connectivity index (χ0) is 19.8. The molecular weight excluding hydrogens is 346 g/mol.